The van der Waals surface area contributed by atoms with Gasteiger partial charge in [0.05, 0.1) is 7.57 Å². The number of Topliss-reactive ketones (excluding diaryl/α,β-unsaturated/α-hetero) is 1. The van der Waals surface area contributed by atoms with Gasteiger partial charge in [-0.2, -0.15) is 0 Å². The summed E-state index contributed by atoms with van der Waals surface area (Å²) in [4.78, 5) is 11.9. The minimum Gasteiger partial charge on any atom is -0.485 e. The summed E-state index contributed by atoms with van der Waals surface area (Å²) in [5.41, 5.74) is 0.466. The first-order chi connectivity index (χ1) is 8.95. The van der Waals surface area contributed by atoms with Crippen LogP contribution in [0.1, 0.15) is 10.4 Å². The fraction of sp³-hybridized carbons (Fsp3) is 0.0833. The Kier molecular flexibility index (Phi) is 4.70. The number of halogens is 4. The molecule has 7 heteroatoms. The Hall–Kier alpha value is -0.790. The standard InChI is InChI=1S/C12H6Br2F2O2S/c13-11-4-9(12(14)19-11)10(17)5-18-8-2-6(15)1-7(16)3-8/h1-4H,5H2. The third-order valence-electron chi connectivity index (χ3n) is 2.16. The molecule has 2 nitrogen and oxygen atoms in total. The van der Waals surface area contributed by atoms with Crippen LogP contribution in [0.5, 0.6) is 5.75 Å². The van der Waals surface area contributed by atoms with E-state index < -0.39 is 11.6 Å². The number of hydrogen-bond acceptors (Lipinski definition) is 3. The molecule has 100 valence electrons. The van der Waals surface area contributed by atoms with Crippen LogP contribution in [0.4, 0.5) is 8.78 Å². The van der Waals surface area contributed by atoms with Crippen molar-refractivity contribution in [2.45, 2.75) is 0 Å². The van der Waals surface area contributed by atoms with Gasteiger partial charge in [0.1, 0.15) is 17.4 Å². The molecule has 1 aromatic heterocycles. The Morgan fingerprint density at radius 3 is 2.32 bits per heavy atom. The molecule has 2 aromatic rings. The minimum absolute atomic E-state index is 0.0173. The lowest BCUT2D eigenvalue weighted by Gasteiger charge is -2.05. The fourth-order valence-corrected chi connectivity index (χ4v) is 4.22. The van der Waals surface area contributed by atoms with Gasteiger partial charge in [0.25, 0.3) is 0 Å². The van der Waals surface area contributed by atoms with Crippen molar-refractivity contribution in [2.24, 2.45) is 0 Å². The van der Waals surface area contributed by atoms with E-state index in [1.165, 1.54) is 11.3 Å². The van der Waals surface area contributed by atoms with Gasteiger partial charge in [-0.15, -0.1) is 11.3 Å². The van der Waals surface area contributed by atoms with Crippen LogP contribution in [0.3, 0.4) is 0 Å². The van der Waals surface area contributed by atoms with E-state index in [0.717, 1.165) is 22.0 Å². The highest BCUT2D eigenvalue weighted by Gasteiger charge is 2.14. The van der Waals surface area contributed by atoms with Gasteiger partial charge < -0.3 is 4.74 Å². The number of thiophene rings is 1. The van der Waals surface area contributed by atoms with Crippen LogP contribution in [0.2, 0.25) is 0 Å². The van der Waals surface area contributed by atoms with E-state index >= 15 is 0 Å². The molecule has 2 rings (SSSR count). The molecule has 0 aliphatic carbocycles. The molecule has 0 unspecified atom stereocenters. The first-order valence-electron chi connectivity index (χ1n) is 5.02. The predicted octanol–water partition coefficient (Wildman–Crippen LogP) is 4.81. The Morgan fingerprint density at radius 2 is 1.79 bits per heavy atom. The second kappa shape index (κ2) is 6.11. The zero-order valence-electron chi connectivity index (χ0n) is 9.25. The predicted molar refractivity (Wildman–Crippen MR) is 75.9 cm³/mol. The third-order valence-corrected chi connectivity index (χ3v) is 4.50. The summed E-state index contributed by atoms with van der Waals surface area (Å²) in [5.74, 6) is -1.79. The van der Waals surface area contributed by atoms with Crippen molar-refractivity contribution in [1.82, 2.24) is 0 Å². The first-order valence-corrected chi connectivity index (χ1v) is 7.43. The van der Waals surface area contributed by atoms with Crippen LogP contribution in [-0.2, 0) is 0 Å². The normalized spacial score (nSPS) is 10.5. The van der Waals surface area contributed by atoms with Crippen molar-refractivity contribution in [3.05, 3.63) is 49.0 Å². The van der Waals surface area contributed by atoms with Crippen LogP contribution < -0.4 is 4.74 Å². The van der Waals surface area contributed by atoms with Gasteiger partial charge in [-0.25, -0.2) is 8.78 Å². The number of carbonyl (C=O) groups is 1. The summed E-state index contributed by atoms with van der Waals surface area (Å²) >= 11 is 7.88. The summed E-state index contributed by atoms with van der Waals surface area (Å²) in [6.45, 7) is -0.287. The summed E-state index contributed by atoms with van der Waals surface area (Å²) < 4.78 is 32.4. The van der Waals surface area contributed by atoms with Crippen molar-refractivity contribution in [2.75, 3.05) is 6.61 Å². The van der Waals surface area contributed by atoms with E-state index in [4.69, 9.17) is 4.74 Å². The van der Waals surface area contributed by atoms with E-state index in [2.05, 4.69) is 31.9 Å². The van der Waals surface area contributed by atoms with Crippen molar-refractivity contribution in [1.29, 1.82) is 0 Å². The Bertz CT molecular complexity index is 608. The summed E-state index contributed by atoms with van der Waals surface area (Å²) in [6.07, 6.45) is 0. The SMILES string of the molecule is O=C(COc1cc(F)cc(F)c1)c1cc(Br)sc1Br. The largest absolute Gasteiger partial charge is 0.485 e. The summed E-state index contributed by atoms with van der Waals surface area (Å²) in [5, 5.41) is 0. The Balaban J connectivity index is 2.06. The monoisotopic (exact) mass is 410 g/mol. The van der Waals surface area contributed by atoms with Crippen LogP contribution >= 0.6 is 43.2 Å². The lowest BCUT2D eigenvalue weighted by atomic mass is 10.2. The average Bonchev–Trinajstić information content (AvgIpc) is 2.64. The van der Waals surface area contributed by atoms with E-state index in [0.29, 0.717) is 9.35 Å². The Morgan fingerprint density at radius 1 is 1.16 bits per heavy atom. The number of carbonyl (C=O) groups excluding carboxylic acids is 1. The van der Waals surface area contributed by atoms with Gasteiger partial charge in [0.2, 0.25) is 5.78 Å². The molecule has 0 atom stereocenters. The maximum absolute atomic E-state index is 12.9. The highest BCUT2D eigenvalue weighted by Crippen LogP contribution is 2.32. The number of rotatable bonds is 4. The minimum atomic E-state index is -0.748. The van der Waals surface area contributed by atoms with Gasteiger partial charge in [-0.05, 0) is 37.9 Å². The lowest BCUT2D eigenvalue weighted by molar-refractivity contribution is 0.0920. The molecule has 1 aromatic carbocycles. The molecule has 0 aliphatic heterocycles. The van der Waals surface area contributed by atoms with Gasteiger partial charge >= 0.3 is 0 Å². The zero-order chi connectivity index (χ0) is 14.0. The average molecular weight is 412 g/mol. The molecule has 19 heavy (non-hydrogen) atoms. The molecule has 0 radical (unpaired) electrons. The van der Waals surface area contributed by atoms with E-state index in [1.54, 1.807) is 6.07 Å². The van der Waals surface area contributed by atoms with Crippen LogP contribution in [0.15, 0.2) is 31.8 Å². The molecule has 0 bridgehead atoms. The third kappa shape index (κ3) is 3.84. The molecule has 0 fully saturated rings. The molecule has 0 spiro atoms. The van der Waals surface area contributed by atoms with E-state index in [-0.39, 0.29) is 18.1 Å². The maximum atomic E-state index is 12.9. The van der Waals surface area contributed by atoms with Gasteiger partial charge in [-0.3, -0.25) is 4.79 Å². The van der Waals surface area contributed by atoms with Crippen molar-refractivity contribution >= 4 is 49.0 Å². The molecular formula is C12H6Br2F2O2S. The second-order valence-electron chi connectivity index (χ2n) is 3.55. The molecule has 0 amide bonds. The molecular weight excluding hydrogens is 406 g/mol. The highest BCUT2D eigenvalue weighted by molar-refractivity contribution is 9.12. The quantitative estimate of drug-likeness (QED) is 0.674. The number of ether oxygens (including phenoxy) is 1. The summed E-state index contributed by atoms with van der Waals surface area (Å²) in [6, 6.07) is 4.44. The lowest BCUT2D eigenvalue weighted by Crippen LogP contribution is -2.11. The number of hydrogen-bond donors (Lipinski definition) is 0. The highest BCUT2D eigenvalue weighted by atomic mass is 79.9. The van der Waals surface area contributed by atoms with E-state index in [1.807, 2.05) is 0 Å². The van der Waals surface area contributed by atoms with Gasteiger partial charge in [-0.1, -0.05) is 0 Å². The second-order valence-corrected chi connectivity index (χ2v) is 7.30. The molecule has 1 heterocycles. The first kappa shape index (κ1) is 14.6. The number of benzene rings is 1. The van der Waals surface area contributed by atoms with Gasteiger partial charge in [0.15, 0.2) is 6.61 Å². The topological polar surface area (TPSA) is 26.3 Å². The zero-order valence-corrected chi connectivity index (χ0v) is 13.2. The van der Waals surface area contributed by atoms with Crippen molar-refractivity contribution in [3.8, 4) is 5.75 Å². The fourth-order valence-electron chi connectivity index (χ4n) is 1.37. The smallest absolute Gasteiger partial charge is 0.202 e. The summed E-state index contributed by atoms with van der Waals surface area (Å²) in [7, 11) is 0. The molecule has 0 N–H and O–H groups in total. The molecule has 0 saturated carbocycles. The van der Waals surface area contributed by atoms with Crippen LogP contribution in [0, 0.1) is 11.6 Å². The molecule has 0 saturated heterocycles. The number of ketones is 1. The Labute approximate surface area is 128 Å². The van der Waals surface area contributed by atoms with Crippen LogP contribution in [-0.4, -0.2) is 12.4 Å². The van der Waals surface area contributed by atoms with Crippen molar-refractivity contribution < 1.29 is 18.3 Å². The maximum Gasteiger partial charge on any atom is 0.202 e. The van der Waals surface area contributed by atoms with E-state index in [9.17, 15) is 13.6 Å². The van der Waals surface area contributed by atoms with Crippen LogP contribution in [0.25, 0.3) is 0 Å². The molecule has 0 aliphatic rings. The van der Waals surface area contributed by atoms with Gasteiger partial charge in [0, 0.05) is 23.8 Å². The van der Waals surface area contributed by atoms with Crippen molar-refractivity contribution in [3.63, 3.8) is 0 Å².